The molecule has 9 nitrogen and oxygen atoms in total. The van der Waals surface area contributed by atoms with E-state index in [9.17, 15) is 14.7 Å². The number of halogens is 1. The van der Waals surface area contributed by atoms with Crippen LogP contribution in [-0.2, 0) is 5.54 Å². The number of carbonyl (C=O) groups is 1. The van der Waals surface area contributed by atoms with Crippen LogP contribution in [0.3, 0.4) is 0 Å². The standard InChI is InChI=1S/C28H34ClN5O4/c1-18(35)17-30-13-15-38-24-7-5-4-6-21(24)28(2,3)33-25-27(37)34(14-12-31-25)23-16-19(8-11-22(23)29)26(36)32-20-9-10-20/h4-8,11-12,14,16,18,20,30,35H,9-10,13,15,17H2,1-3H3,(H,31,33)(H,32,36)/t18-/m1/s1. The Morgan fingerprint density at radius 2 is 2.03 bits per heavy atom. The fourth-order valence-electron chi connectivity index (χ4n) is 4.04. The first-order valence-electron chi connectivity index (χ1n) is 12.7. The number of ether oxygens (including phenoxy) is 1. The Hall–Kier alpha value is -3.40. The Balaban J connectivity index is 1.55. The lowest BCUT2D eigenvalue weighted by Gasteiger charge is -2.29. The van der Waals surface area contributed by atoms with Crippen LogP contribution >= 0.6 is 11.6 Å². The van der Waals surface area contributed by atoms with Crippen LogP contribution in [0.25, 0.3) is 5.69 Å². The largest absolute Gasteiger partial charge is 0.492 e. The zero-order valence-electron chi connectivity index (χ0n) is 21.8. The maximum atomic E-state index is 13.5. The van der Waals surface area contributed by atoms with Gasteiger partial charge in [0.1, 0.15) is 12.4 Å². The molecule has 10 heteroatoms. The molecule has 0 spiro atoms. The predicted octanol–water partition coefficient (Wildman–Crippen LogP) is 3.47. The number of hydrogen-bond acceptors (Lipinski definition) is 7. The summed E-state index contributed by atoms with van der Waals surface area (Å²) in [7, 11) is 0. The van der Waals surface area contributed by atoms with Crippen molar-refractivity contribution in [2.24, 2.45) is 0 Å². The van der Waals surface area contributed by atoms with Crippen LogP contribution in [0.5, 0.6) is 5.75 Å². The normalized spacial score (nSPS) is 14.1. The quantitative estimate of drug-likeness (QED) is 0.260. The topological polar surface area (TPSA) is 118 Å². The highest BCUT2D eigenvalue weighted by Crippen LogP contribution is 2.32. The minimum Gasteiger partial charge on any atom is -0.492 e. The molecular weight excluding hydrogens is 506 g/mol. The van der Waals surface area contributed by atoms with Gasteiger partial charge in [-0.1, -0.05) is 29.8 Å². The van der Waals surface area contributed by atoms with Crippen molar-refractivity contribution in [1.29, 1.82) is 0 Å². The number of carbonyl (C=O) groups excluding carboxylic acids is 1. The van der Waals surface area contributed by atoms with E-state index in [1.165, 1.54) is 17.0 Å². The third-order valence-electron chi connectivity index (χ3n) is 6.19. The van der Waals surface area contributed by atoms with Crippen molar-refractivity contribution >= 4 is 23.3 Å². The summed E-state index contributed by atoms with van der Waals surface area (Å²) in [5.41, 5.74) is 0.567. The minimum absolute atomic E-state index is 0.134. The van der Waals surface area contributed by atoms with Gasteiger partial charge >= 0.3 is 0 Å². The van der Waals surface area contributed by atoms with Crippen molar-refractivity contribution in [3.63, 3.8) is 0 Å². The summed E-state index contributed by atoms with van der Waals surface area (Å²) in [6.45, 7) is 7.09. The van der Waals surface area contributed by atoms with Crippen LogP contribution in [0, 0.1) is 0 Å². The van der Waals surface area contributed by atoms with Gasteiger partial charge in [-0.15, -0.1) is 0 Å². The first kappa shape index (κ1) is 27.6. The van der Waals surface area contributed by atoms with Crippen molar-refractivity contribution in [3.8, 4) is 11.4 Å². The molecule has 1 fully saturated rings. The maximum absolute atomic E-state index is 13.5. The van der Waals surface area contributed by atoms with Crippen LogP contribution in [-0.4, -0.2) is 52.4 Å². The lowest BCUT2D eigenvalue weighted by molar-refractivity contribution is 0.0951. The number of amides is 1. The van der Waals surface area contributed by atoms with E-state index in [2.05, 4.69) is 20.9 Å². The molecule has 3 aromatic rings. The summed E-state index contributed by atoms with van der Waals surface area (Å²) in [5, 5.41) is 19.1. The second-order valence-corrected chi connectivity index (χ2v) is 10.4. The zero-order valence-corrected chi connectivity index (χ0v) is 22.6. The highest BCUT2D eigenvalue weighted by molar-refractivity contribution is 6.32. The molecular formula is C28H34ClN5O4. The third kappa shape index (κ3) is 6.92. The fourth-order valence-corrected chi connectivity index (χ4v) is 4.25. The molecule has 4 N–H and O–H groups in total. The van der Waals surface area contributed by atoms with Gasteiger partial charge in [0.15, 0.2) is 5.82 Å². The van der Waals surface area contributed by atoms with Gasteiger partial charge in [-0.25, -0.2) is 4.98 Å². The van der Waals surface area contributed by atoms with Crippen molar-refractivity contribution in [2.75, 3.05) is 25.0 Å². The van der Waals surface area contributed by atoms with E-state index in [4.69, 9.17) is 16.3 Å². The van der Waals surface area contributed by atoms with E-state index in [1.54, 1.807) is 25.1 Å². The Kier molecular flexibility index (Phi) is 8.71. The number of aliphatic hydroxyl groups excluding tert-OH is 1. The van der Waals surface area contributed by atoms with Gasteiger partial charge < -0.3 is 25.8 Å². The second-order valence-electron chi connectivity index (χ2n) is 10.0. The molecule has 1 heterocycles. The van der Waals surface area contributed by atoms with E-state index < -0.39 is 17.2 Å². The van der Waals surface area contributed by atoms with Gasteiger partial charge in [-0.05, 0) is 57.9 Å². The number of aromatic nitrogens is 2. The highest BCUT2D eigenvalue weighted by Gasteiger charge is 2.27. The number of nitrogens with one attached hydrogen (secondary N) is 3. The summed E-state index contributed by atoms with van der Waals surface area (Å²) >= 11 is 6.45. The van der Waals surface area contributed by atoms with Crippen LogP contribution in [0.1, 0.15) is 49.5 Å². The number of aliphatic hydroxyl groups is 1. The molecule has 0 unspecified atom stereocenters. The number of rotatable bonds is 12. The van der Waals surface area contributed by atoms with Gasteiger partial charge in [-0.3, -0.25) is 14.2 Å². The molecule has 38 heavy (non-hydrogen) atoms. The minimum atomic E-state index is -0.717. The second kappa shape index (κ2) is 12.0. The fraction of sp³-hybridized carbons (Fsp3) is 0.393. The monoisotopic (exact) mass is 539 g/mol. The van der Waals surface area contributed by atoms with Crippen molar-refractivity contribution in [1.82, 2.24) is 20.2 Å². The molecule has 1 amide bonds. The summed E-state index contributed by atoms with van der Waals surface area (Å²) in [6, 6.07) is 12.7. The smallest absolute Gasteiger partial charge is 0.297 e. The molecule has 4 rings (SSSR count). The summed E-state index contributed by atoms with van der Waals surface area (Å²) in [5.74, 6) is 0.622. The first-order valence-corrected chi connectivity index (χ1v) is 13.1. The van der Waals surface area contributed by atoms with Crippen molar-refractivity contribution in [3.05, 3.63) is 81.4 Å². The van der Waals surface area contributed by atoms with Gasteiger partial charge in [0, 0.05) is 42.7 Å². The predicted molar refractivity (Wildman–Crippen MR) is 148 cm³/mol. The van der Waals surface area contributed by atoms with E-state index in [0.717, 1.165) is 18.4 Å². The van der Waals surface area contributed by atoms with Crippen LogP contribution in [0.4, 0.5) is 5.82 Å². The average molecular weight is 540 g/mol. The summed E-state index contributed by atoms with van der Waals surface area (Å²) in [4.78, 5) is 30.4. The van der Waals surface area contributed by atoms with E-state index in [1.807, 2.05) is 38.1 Å². The van der Waals surface area contributed by atoms with E-state index in [0.29, 0.717) is 41.7 Å². The average Bonchev–Trinajstić information content (AvgIpc) is 3.69. The molecule has 1 atom stereocenters. The highest BCUT2D eigenvalue weighted by atomic mass is 35.5. The molecule has 1 aliphatic carbocycles. The number of nitrogens with zero attached hydrogens (tertiary/aromatic N) is 2. The molecule has 1 saturated carbocycles. The molecule has 1 aromatic heterocycles. The van der Waals surface area contributed by atoms with Crippen LogP contribution < -0.4 is 26.2 Å². The summed E-state index contributed by atoms with van der Waals surface area (Å²) in [6.07, 6.45) is 4.58. The molecule has 0 aliphatic heterocycles. The molecule has 2 aromatic carbocycles. The van der Waals surface area contributed by atoms with Crippen molar-refractivity contribution < 1.29 is 14.6 Å². The van der Waals surface area contributed by atoms with E-state index >= 15 is 0 Å². The molecule has 0 saturated heterocycles. The molecule has 1 aliphatic rings. The van der Waals surface area contributed by atoms with Gasteiger partial charge in [0.25, 0.3) is 11.5 Å². The van der Waals surface area contributed by atoms with Gasteiger partial charge in [0.05, 0.1) is 22.4 Å². The number of anilines is 1. The Morgan fingerprint density at radius 3 is 2.76 bits per heavy atom. The van der Waals surface area contributed by atoms with E-state index in [-0.39, 0.29) is 17.8 Å². The Bertz CT molecular complexity index is 1340. The van der Waals surface area contributed by atoms with Gasteiger partial charge in [0.2, 0.25) is 0 Å². The van der Waals surface area contributed by atoms with Gasteiger partial charge in [-0.2, -0.15) is 0 Å². The Morgan fingerprint density at radius 1 is 1.26 bits per heavy atom. The lowest BCUT2D eigenvalue weighted by Crippen LogP contribution is -2.34. The SMILES string of the molecule is C[C@@H](O)CNCCOc1ccccc1C(C)(C)Nc1nccn(-c2cc(C(=O)NC3CC3)ccc2Cl)c1=O. The Labute approximate surface area is 227 Å². The first-order chi connectivity index (χ1) is 18.2. The number of hydrogen-bond donors (Lipinski definition) is 4. The van der Waals surface area contributed by atoms with Crippen LogP contribution in [0.15, 0.2) is 59.7 Å². The molecule has 0 radical (unpaired) electrons. The third-order valence-corrected chi connectivity index (χ3v) is 6.51. The van der Waals surface area contributed by atoms with Crippen LogP contribution in [0.2, 0.25) is 5.02 Å². The maximum Gasteiger partial charge on any atom is 0.297 e. The molecule has 202 valence electrons. The lowest BCUT2D eigenvalue weighted by atomic mass is 9.93. The molecule has 0 bridgehead atoms. The number of para-hydroxylation sites is 1. The summed E-state index contributed by atoms with van der Waals surface area (Å²) < 4.78 is 7.39. The number of benzene rings is 2. The zero-order chi connectivity index (χ0) is 27.3. The van der Waals surface area contributed by atoms with Crippen molar-refractivity contribution in [2.45, 2.75) is 51.3 Å².